The van der Waals surface area contributed by atoms with Gasteiger partial charge in [-0.3, -0.25) is 14.6 Å². The van der Waals surface area contributed by atoms with Gasteiger partial charge < -0.3 is 14.8 Å². The molecule has 4 rings (SSSR count). The van der Waals surface area contributed by atoms with Crippen LogP contribution in [0.25, 0.3) is 10.8 Å². The van der Waals surface area contributed by atoms with Gasteiger partial charge in [-0.15, -0.1) is 0 Å². The van der Waals surface area contributed by atoms with Crippen molar-refractivity contribution < 1.29 is 14.3 Å². The predicted octanol–water partition coefficient (Wildman–Crippen LogP) is 4.00. The Balaban J connectivity index is 1.33. The van der Waals surface area contributed by atoms with Crippen molar-refractivity contribution in [3.8, 4) is 11.5 Å². The summed E-state index contributed by atoms with van der Waals surface area (Å²) >= 11 is 0. The molecule has 1 amide bonds. The van der Waals surface area contributed by atoms with Crippen molar-refractivity contribution in [2.75, 3.05) is 45.7 Å². The number of nitrogens with one attached hydrogen (secondary N) is 1. The summed E-state index contributed by atoms with van der Waals surface area (Å²) in [4.78, 5) is 17.6. The molecular formula is C26H31N3O3. The third-order valence-corrected chi connectivity index (χ3v) is 6.26. The molecule has 1 saturated heterocycles. The summed E-state index contributed by atoms with van der Waals surface area (Å²) in [5.41, 5.74) is 2.06. The van der Waals surface area contributed by atoms with Gasteiger partial charge in [0.1, 0.15) is 0 Å². The molecule has 1 heterocycles. The van der Waals surface area contributed by atoms with Gasteiger partial charge in [0.05, 0.1) is 20.3 Å². The summed E-state index contributed by atoms with van der Waals surface area (Å²) in [6.45, 7) is 6.52. The van der Waals surface area contributed by atoms with Crippen LogP contribution >= 0.6 is 0 Å². The predicted molar refractivity (Wildman–Crippen MR) is 128 cm³/mol. The second-order valence-corrected chi connectivity index (χ2v) is 8.19. The van der Waals surface area contributed by atoms with Crippen LogP contribution in [0.15, 0.2) is 60.7 Å². The quantitative estimate of drug-likeness (QED) is 0.610. The number of amides is 1. The first-order valence-corrected chi connectivity index (χ1v) is 11.0. The van der Waals surface area contributed by atoms with Crippen LogP contribution in [0.2, 0.25) is 0 Å². The zero-order valence-electron chi connectivity index (χ0n) is 19.0. The number of carbonyl (C=O) groups is 1. The number of rotatable bonds is 7. The van der Waals surface area contributed by atoms with Gasteiger partial charge in [0.25, 0.3) is 0 Å². The van der Waals surface area contributed by atoms with Gasteiger partial charge in [0.15, 0.2) is 11.5 Å². The average molecular weight is 434 g/mol. The number of ether oxygens (including phenoxy) is 2. The maximum Gasteiger partial charge on any atom is 0.241 e. The molecule has 32 heavy (non-hydrogen) atoms. The summed E-state index contributed by atoms with van der Waals surface area (Å²) in [5, 5.41) is 5.61. The van der Waals surface area contributed by atoms with E-state index in [1.165, 1.54) is 16.3 Å². The van der Waals surface area contributed by atoms with Crippen molar-refractivity contribution in [3.05, 3.63) is 66.2 Å². The van der Waals surface area contributed by atoms with E-state index in [4.69, 9.17) is 9.47 Å². The molecule has 1 aliphatic heterocycles. The van der Waals surface area contributed by atoms with Crippen LogP contribution in [-0.2, 0) is 11.3 Å². The molecule has 6 nitrogen and oxygen atoms in total. The fraction of sp³-hybridized carbons (Fsp3) is 0.346. The Morgan fingerprint density at radius 1 is 0.938 bits per heavy atom. The normalized spacial score (nSPS) is 16.0. The minimum absolute atomic E-state index is 0.0141. The highest BCUT2D eigenvalue weighted by Crippen LogP contribution is 2.30. The van der Waals surface area contributed by atoms with Gasteiger partial charge in [-0.2, -0.15) is 0 Å². The van der Waals surface area contributed by atoms with Crippen molar-refractivity contribution >= 4 is 22.4 Å². The molecule has 0 aromatic heterocycles. The van der Waals surface area contributed by atoms with Crippen LogP contribution in [0, 0.1) is 0 Å². The Hall–Kier alpha value is -3.09. The molecule has 1 aliphatic rings. The third kappa shape index (κ3) is 4.87. The van der Waals surface area contributed by atoms with E-state index < -0.39 is 0 Å². The SMILES string of the molecule is COc1ccc(NC(=O)C(C)N2CCN(Cc3cccc4ccccc34)CC2)cc1OC. The van der Waals surface area contributed by atoms with Gasteiger partial charge in [-0.1, -0.05) is 42.5 Å². The second kappa shape index (κ2) is 10.0. The topological polar surface area (TPSA) is 54.0 Å². The number of fused-ring (bicyclic) bond motifs is 1. The average Bonchev–Trinajstić information content (AvgIpc) is 2.84. The fourth-order valence-electron chi connectivity index (χ4n) is 4.31. The van der Waals surface area contributed by atoms with Crippen LogP contribution in [0.1, 0.15) is 12.5 Å². The lowest BCUT2D eigenvalue weighted by molar-refractivity contribution is -0.121. The minimum atomic E-state index is -0.206. The molecule has 0 aliphatic carbocycles. The van der Waals surface area contributed by atoms with Crippen LogP contribution < -0.4 is 14.8 Å². The molecule has 168 valence electrons. The van der Waals surface area contributed by atoms with E-state index in [2.05, 4.69) is 57.6 Å². The van der Waals surface area contributed by atoms with Crippen LogP contribution in [0.3, 0.4) is 0 Å². The zero-order chi connectivity index (χ0) is 22.5. The van der Waals surface area contributed by atoms with Crippen LogP contribution in [0.4, 0.5) is 5.69 Å². The van der Waals surface area contributed by atoms with Crippen LogP contribution in [-0.4, -0.2) is 62.1 Å². The Morgan fingerprint density at radius 2 is 1.66 bits per heavy atom. The number of nitrogens with zero attached hydrogens (tertiary/aromatic N) is 2. The Labute approximate surface area is 189 Å². The van der Waals surface area contributed by atoms with Gasteiger partial charge in [-0.25, -0.2) is 0 Å². The molecule has 0 radical (unpaired) electrons. The summed E-state index contributed by atoms with van der Waals surface area (Å²) in [7, 11) is 3.18. The molecule has 0 saturated carbocycles. The van der Waals surface area contributed by atoms with E-state index in [1.807, 2.05) is 13.0 Å². The first-order valence-electron chi connectivity index (χ1n) is 11.0. The fourth-order valence-corrected chi connectivity index (χ4v) is 4.31. The molecule has 3 aromatic rings. The van der Waals surface area contributed by atoms with Gasteiger partial charge in [0, 0.05) is 44.5 Å². The molecule has 1 fully saturated rings. The smallest absolute Gasteiger partial charge is 0.241 e. The van der Waals surface area contributed by atoms with E-state index in [9.17, 15) is 4.79 Å². The molecular weight excluding hydrogens is 402 g/mol. The van der Waals surface area contributed by atoms with Crippen molar-refractivity contribution in [2.45, 2.75) is 19.5 Å². The summed E-state index contributed by atoms with van der Waals surface area (Å²) in [6, 6.07) is 20.3. The maximum atomic E-state index is 12.8. The third-order valence-electron chi connectivity index (χ3n) is 6.26. The highest BCUT2D eigenvalue weighted by molar-refractivity contribution is 5.94. The monoisotopic (exact) mass is 433 g/mol. The van der Waals surface area contributed by atoms with Crippen molar-refractivity contribution in [1.29, 1.82) is 0 Å². The number of carbonyl (C=O) groups excluding carboxylic acids is 1. The zero-order valence-corrected chi connectivity index (χ0v) is 19.0. The van der Waals surface area contributed by atoms with E-state index in [0.717, 1.165) is 32.7 Å². The lowest BCUT2D eigenvalue weighted by atomic mass is 10.0. The first kappa shape index (κ1) is 22.1. The van der Waals surface area contributed by atoms with Crippen LogP contribution in [0.5, 0.6) is 11.5 Å². The molecule has 1 atom stereocenters. The number of hydrogen-bond acceptors (Lipinski definition) is 5. The second-order valence-electron chi connectivity index (χ2n) is 8.19. The summed E-state index contributed by atoms with van der Waals surface area (Å²) in [6.07, 6.45) is 0. The lowest BCUT2D eigenvalue weighted by Crippen LogP contribution is -2.52. The Kier molecular flexibility index (Phi) is 6.93. The lowest BCUT2D eigenvalue weighted by Gasteiger charge is -2.37. The standard InChI is InChI=1S/C26H31N3O3/c1-19(26(30)27-22-11-12-24(31-2)25(17-22)32-3)29-15-13-28(14-16-29)18-21-9-6-8-20-7-4-5-10-23(20)21/h4-12,17,19H,13-16,18H2,1-3H3,(H,27,30). The molecule has 3 aromatic carbocycles. The number of hydrogen-bond donors (Lipinski definition) is 1. The first-order chi connectivity index (χ1) is 15.6. The largest absolute Gasteiger partial charge is 0.493 e. The number of anilines is 1. The van der Waals surface area contributed by atoms with E-state index in [1.54, 1.807) is 26.4 Å². The van der Waals surface area contributed by atoms with E-state index in [0.29, 0.717) is 17.2 Å². The summed E-state index contributed by atoms with van der Waals surface area (Å²) < 4.78 is 10.6. The maximum absolute atomic E-state index is 12.8. The Bertz CT molecular complexity index is 1070. The molecule has 1 unspecified atom stereocenters. The minimum Gasteiger partial charge on any atom is -0.493 e. The Morgan fingerprint density at radius 3 is 2.41 bits per heavy atom. The molecule has 0 spiro atoms. The van der Waals surface area contributed by atoms with Gasteiger partial charge in [0.2, 0.25) is 5.91 Å². The highest BCUT2D eigenvalue weighted by Gasteiger charge is 2.26. The molecule has 0 bridgehead atoms. The van der Waals surface area contributed by atoms with Gasteiger partial charge >= 0.3 is 0 Å². The van der Waals surface area contributed by atoms with Gasteiger partial charge in [-0.05, 0) is 35.4 Å². The van der Waals surface area contributed by atoms with E-state index >= 15 is 0 Å². The van der Waals surface area contributed by atoms with E-state index in [-0.39, 0.29) is 11.9 Å². The number of benzene rings is 3. The molecule has 1 N–H and O–H groups in total. The highest BCUT2D eigenvalue weighted by atomic mass is 16.5. The number of methoxy groups -OCH3 is 2. The van der Waals surface area contributed by atoms with Crippen molar-refractivity contribution in [2.24, 2.45) is 0 Å². The summed E-state index contributed by atoms with van der Waals surface area (Å²) in [5.74, 6) is 1.22. The van der Waals surface area contributed by atoms with Crippen molar-refractivity contribution in [3.63, 3.8) is 0 Å². The number of piperazine rings is 1. The molecule has 6 heteroatoms. The van der Waals surface area contributed by atoms with Crippen molar-refractivity contribution in [1.82, 2.24) is 9.80 Å².